The highest BCUT2D eigenvalue weighted by atomic mass is 32.2. The zero-order valence-electron chi connectivity index (χ0n) is 17.7. The van der Waals surface area contributed by atoms with Gasteiger partial charge in [0, 0.05) is 18.7 Å². The highest BCUT2D eigenvalue weighted by Gasteiger charge is 2.18. The Morgan fingerprint density at radius 1 is 0.935 bits per heavy atom. The maximum Gasteiger partial charge on any atom is 0.240 e. The first-order chi connectivity index (χ1) is 14.8. The summed E-state index contributed by atoms with van der Waals surface area (Å²) in [5.74, 6) is 0.352. The second kappa shape index (κ2) is 8.24. The maximum atomic E-state index is 13.4. The number of rotatable bonds is 6. The predicted molar refractivity (Wildman–Crippen MR) is 121 cm³/mol. The third kappa shape index (κ3) is 4.24. The lowest BCUT2D eigenvalue weighted by Crippen LogP contribution is -2.28. The number of hydrogen-bond donors (Lipinski definition) is 1. The van der Waals surface area contributed by atoms with Crippen molar-refractivity contribution in [2.75, 3.05) is 6.54 Å². The molecule has 0 saturated heterocycles. The highest BCUT2D eigenvalue weighted by molar-refractivity contribution is 7.89. The Morgan fingerprint density at radius 2 is 1.61 bits per heavy atom. The molecule has 0 atom stereocenters. The molecule has 0 aliphatic heterocycles. The summed E-state index contributed by atoms with van der Waals surface area (Å²) in [6, 6.07) is 17.4. The Hall–Kier alpha value is -3.03. The summed E-state index contributed by atoms with van der Waals surface area (Å²) in [6.07, 6.45) is 0. The van der Waals surface area contributed by atoms with Crippen LogP contribution in [0.1, 0.15) is 16.7 Å². The molecule has 0 saturated carbocycles. The lowest BCUT2D eigenvalue weighted by atomic mass is 10.1. The number of sulfonamides is 1. The van der Waals surface area contributed by atoms with Crippen LogP contribution in [0.4, 0.5) is 4.39 Å². The molecule has 3 aromatic carbocycles. The van der Waals surface area contributed by atoms with Crippen molar-refractivity contribution in [1.82, 2.24) is 14.3 Å². The van der Waals surface area contributed by atoms with Gasteiger partial charge < -0.3 is 4.57 Å². The fourth-order valence-corrected chi connectivity index (χ4v) is 5.04. The monoisotopic (exact) mass is 437 g/mol. The number of benzene rings is 3. The van der Waals surface area contributed by atoms with E-state index in [-0.39, 0.29) is 12.4 Å². The van der Waals surface area contributed by atoms with E-state index in [1.807, 2.05) is 48.7 Å². The number of nitrogens with zero attached hydrogens (tertiary/aromatic N) is 2. The number of fused-ring (bicyclic) bond motifs is 1. The molecule has 1 aromatic heterocycles. The molecule has 0 aliphatic rings. The standard InChI is InChI=1S/C24H24FN3O2S/c1-16-14-18(3)23(15-17(16)2)31(29,30)26-12-13-28-22-7-5-4-6-21(22)27-24(28)19-8-10-20(25)11-9-19/h4-11,14-15,26H,12-13H2,1-3H3. The molecule has 160 valence electrons. The average Bonchev–Trinajstić information content (AvgIpc) is 3.10. The molecule has 0 radical (unpaired) electrons. The number of hydrogen-bond acceptors (Lipinski definition) is 3. The summed E-state index contributed by atoms with van der Waals surface area (Å²) >= 11 is 0. The van der Waals surface area contributed by atoms with Crippen molar-refractivity contribution in [3.05, 3.63) is 83.2 Å². The molecule has 0 amide bonds. The van der Waals surface area contributed by atoms with Crippen LogP contribution in [0.25, 0.3) is 22.4 Å². The molecular weight excluding hydrogens is 413 g/mol. The minimum atomic E-state index is -3.65. The van der Waals surface area contributed by atoms with Gasteiger partial charge in [-0.2, -0.15) is 0 Å². The van der Waals surface area contributed by atoms with E-state index in [0.717, 1.165) is 33.3 Å². The van der Waals surface area contributed by atoms with Gasteiger partial charge in [0.2, 0.25) is 10.0 Å². The minimum Gasteiger partial charge on any atom is -0.323 e. The zero-order valence-corrected chi connectivity index (χ0v) is 18.5. The Bertz CT molecular complexity index is 1360. The number of para-hydroxylation sites is 2. The van der Waals surface area contributed by atoms with E-state index < -0.39 is 10.0 Å². The maximum absolute atomic E-state index is 13.4. The molecule has 5 nitrogen and oxygen atoms in total. The first-order valence-corrected chi connectivity index (χ1v) is 11.5. The molecule has 4 aromatic rings. The van der Waals surface area contributed by atoms with E-state index >= 15 is 0 Å². The molecule has 0 fully saturated rings. The van der Waals surface area contributed by atoms with Crippen LogP contribution in [0.5, 0.6) is 0 Å². The largest absolute Gasteiger partial charge is 0.323 e. The number of nitrogens with one attached hydrogen (secondary N) is 1. The molecule has 0 bridgehead atoms. The fourth-order valence-electron chi connectivity index (χ4n) is 3.71. The van der Waals surface area contributed by atoms with Crippen LogP contribution in [0.2, 0.25) is 0 Å². The quantitative estimate of drug-likeness (QED) is 0.474. The molecule has 1 heterocycles. The first kappa shape index (κ1) is 21.2. The van der Waals surface area contributed by atoms with Crippen LogP contribution in [-0.4, -0.2) is 24.5 Å². The van der Waals surface area contributed by atoms with Crippen LogP contribution in [0.15, 0.2) is 65.6 Å². The number of aryl methyl sites for hydroxylation is 3. The molecule has 0 spiro atoms. The summed E-state index contributed by atoms with van der Waals surface area (Å²) in [7, 11) is -3.65. The lowest BCUT2D eigenvalue weighted by Gasteiger charge is -2.13. The predicted octanol–water partition coefficient (Wildman–Crippen LogP) is 4.75. The number of aromatic nitrogens is 2. The Morgan fingerprint density at radius 3 is 2.35 bits per heavy atom. The summed E-state index contributed by atoms with van der Waals surface area (Å²) < 4.78 is 43.9. The van der Waals surface area contributed by atoms with Gasteiger partial charge in [0.1, 0.15) is 11.6 Å². The van der Waals surface area contributed by atoms with Crippen molar-refractivity contribution in [2.24, 2.45) is 0 Å². The molecule has 1 N–H and O–H groups in total. The SMILES string of the molecule is Cc1cc(C)c(S(=O)(=O)NCCn2c(-c3ccc(F)cc3)nc3ccccc32)cc1C. The van der Waals surface area contributed by atoms with Crippen LogP contribution in [0.3, 0.4) is 0 Å². The van der Waals surface area contributed by atoms with Gasteiger partial charge in [-0.3, -0.25) is 0 Å². The summed E-state index contributed by atoms with van der Waals surface area (Å²) in [6.45, 7) is 6.25. The molecule has 7 heteroatoms. The van der Waals surface area contributed by atoms with Crippen molar-refractivity contribution in [2.45, 2.75) is 32.2 Å². The summed E-state index contributed by atoms with van der Waals surface area (Å²) in [5, 5.41) is 0. The lowest BCUT2D eigenvalue weighted by molar-refractivity contribution is 0.574. The Kier molecular flexibility index (Phi) is 5.64. The molecule has 0 aliphatic carbocycles. The van der Waals surface area contributed by atoms with E-state index in [2.05, 4.69) is 9.71 Å². The zero-order chi connectivity index (χ0) is 22.2. The van der Waals surface area contributed by atoms with Crippen molar-refractivity contribution in [3.63, 3.8) is 0 Å². The van der Waals surface area contributed by atoms with E-state index in [9.17, 15) is 12.8 Å². The van der Waals surface area contributed by atoms with Crippen LogP contribution >= 0.6 is 0 Å². The van der Waals surface area contributed by atoms with Crippen molar-refractivity contribution >= 4 is 21.1 Å². The summed E-state index contributed by atoms with van der Waals surface area (Å²) in [4.78, 5) is 4.98. The highest BCUT2D eigenvalue weighted by Crippen LogP contribution is 2.25. The second-order valence-corrected chi connectivity index (χ2v) is 9.42. The van der Waals surface area contributed by atoms with Gasteiger partial charge in [-0.15, -0.1) is 0 Å². The topological polar surface area (TPSA) is 64.0 Å². The minimum absolute atomic E-state index is 0.198. The van der Waals surface area contributed by atoms with Gasteiger partial charge in [0.05, 0.1) is 15.9 Å². The molecule has 0 unspecified atom stereocenters. The van der Waals surface area contributed by atoms with Gasteiger partial charge in [-0.05, 0) is 79.9 Å². The third-order valence-electron chi connectivity index (χ3n) is 5.47. The summed E-state index contributed by atoms with van der Waals surface area (Å²) in [5.41, 5.74) is 5.18. The smallest absolute Gasteiger partial charge is 0.240 e. The van der Waals surface area contributed by atoms with Crippen molar-refractivity contribution < 1.29 is 12.8 Å². The van der Waals surface area contributed by atoms with Gasteiger partial charge >= 0.3 is 0 Å². The molecule has 31 heavy (non-hydrogen) atoms. The molecule has 4 rings (SSSR count). The number of halogens is 1. The van der Waals surface area contributed by atoms with Crippen LogP contribution < -0.4 is 4.72 Å². The van der Waals surface area contributed by atoms with E-state index in [1.165, 1.54) is 12.1 Å². The van der Waals surface area contributed by atoms with Gasteiger partial charge in [-0.1, -0.05) is 18.2 Å². The Balaban J connectivity index is 1.63. The van der Waals surface area contributed by atoms with E-state index in [0.29, 0.717) is 17.3 Å². The first-order valence-electron chi connectivity index (χ1n) is 10.0. The van der Waals surface area contributed by atoms with Gasteiger partial charge in [0.25, 0.3) is 0 Å². The normalized spacial score (nSPS) is 11.9. The third-order valence-corrected chi connectivity index (χ3v) is 7.07. The van der Waals surface area contributed by atoms with Crippen molar-refractivity contribution in [3.8, 4) is 11.4 Å². The van der Waals surface area contributed by atoms with Gasteiger partial charge in [-0.25, -0.2) is 22.5 Å². The van der Waals surface area contributed by atoms with Gasteiger partial charge in [0.15, 0.2) is 0 Å². The van der Waals surface area contributed by atoms with Crippen LogP contribution in [0, 0.1) is 26.6 Å². The fraction of sp³-hybridized carbons (Fsp3) is 0.208. The Labute approximate surface area is 181 Å². The van der Waals surface area contributed by atoms with Crippen molar-refractivity contribution in [1.29, 1.82) is 0 Å². The van der Waals surface area contributed by atoms with E-state index in [4.69, 9.17) is 0 Å². The second-order valence-electron chi connectivity index (χ2n) is 7.68. The molecular formula is C24H24FN3O2S. The number of imidazole rings is 1. The van der Waals surface area contributed by atoms with Crippen LogP contribution in [-0.2, 0) is 16.6 Å². The average molecular weight is 438 g/mol. The van der Waals surface area contributed by atoms with E-state index in [1.54, 1.807) is 25.1 Å².